The van der Waals surface area contributed by atoms with Gasteiger partial charge in [-0.2, -0.15) is 0 Å². The van der Waals surface area contributed by atoms with Gasteiger partial charge in [0.05, 0.1) is 12.5 Å². The lowest BCUT2D eigenvalue weighted by Gasteiger charge is -2.49. The quantitative estimate of drug-likeness (QED) is 0.620. The van der Waals surface area contributed by atoms with Crippen molar-refractivity contribution >= 4 is 5.97 Å². The number of ether oxygens (including phenoxy) is 1. The number of carbonyl (C=O) groups excluding carboxylic acids is 1. The zero-order chi connectivity index (χ0) is 16.4. The Balaban J connectivity index is 1.82. The second-order valence-corrected chi connectivity index (χ2v) is 7.47. The zero-order valence-electron chi connectivity index (χ0n) is 14.0. The summed E-state index contributed by atoms with van der Waals surface area (Å²) in [6.45, 7) is 8.85. The molecule has 0 bridgehead atoms. The second kappa shape index (κ2) is 6.42. The van der Waals surface area contributed by atoms with E-state index < -0.39 is 11.1 Å². The number of esters is 1. The number of nitrogens with zero attached hydrogens (tertiary/aromatic N) is 2. The van der Waals surface area contributed by atoms with Crippen molar-refractivity contribution in [2.24, 2.45) is 5.92 Å². The highest BCUT2D eigenvalue weighted by Gasteiger charge is 2.48. The molecule has 0 amide bonds. The molecule has 1 radical (unpaired) electrons. The third kappa shape index (κ3) is 3.90. The molecule has 1 fully saturated rings. The molecular weight excluding hydrogens is 280 g/mol. The minimum absolute atomic E-state index is 0.165. The fraction of sp³-hybridized carbons (Fsp3) is 0.706. The minimum atomic E-state index is -0.531. The lowest BCUT2D eigenvalue weighted by molar-refractivity contribution is -0.293. The molecule has 5 nitrogen and oxygen atoms in total. The number of hydrogen-bond donors (Lipinski definition) is 0. The molecule has 2 heterocycles. The number of aromatic nitrogens is 1. The predicted molar refractivity (Wildman–Crippen MR) is 83.4 cm³/mol. The van der Waals surface area contributed by atoms with Crippen molar-refractivity contribution in [3.63, 3.8) is 0 Å². The Bertz CT molecular complexity index is 476. The maximum Gasteiger partial charge on any atom is 0.309 e. The van der Waals surface area contributed by atoms with Gasteiger partial charge in [-0.1, -0.05) is 0 Å². The van der Waals surface area contributed by atoms with Crippen LogP contribution in [0.1, 0.15) is 47.0 Å². The van der Waals surface area contributed by atoms with Crippen molar-refractivity contribution in [2.45, 2.75) is 64.6 Å². The number of hydroxylamine groups is 2. The van der Waals surface area contributed by atoms with Crippen LogP contribution in [0.5, 0.6) is 0 Å². The Morgan fingerprint density at radius 1 is 1.14 bits per heavy atom. The lowest BCUT2D eigenvalue weighted by Crippen LogP contribution is -2.59. The minimum Gasteiger partial charge on any atom is -0.465 e. The van der Waals surface area contributed by atoms with Crippen LogP contribution in [0.4, 0.5) is 0 Å². The molecule has 1 aromatic heterocycles. The SMILES string of the molecule is CC1(C)CC(C(=O)OCCCn2cccc2)CC(C)(C)N1[O]. The highest BCUT2D eigenvalue weighted by Crippen LogP contribution is 2.40. The van der Waals surface area contributed by atoms with Crippen LogP contribution in [0.3, 0.4) is 0 Å². The fourth-order valence-corrected chi connectivity index (χ4v) is 3.49. The summed E-state index contributed by atoms with van der Waals surface area (Å²) >= 11 is 0. The number of rotatable bonds is 5. The zero-order valence-corrected chi connectivity index (χ0v) is 14.0. The molecule has 1 aliphatic rings. The van der Waals surface area contributed by atoms with Gasteiger partial charge in [-0.3, -0.25) is 4.79 Å². The van der Waals surface area contributed by atoms with E-state index in [9.17, 15) is 10.0 Å². The van der Waals surface area contributed by atoms with Gasteiger partial charge in [0.2, 0.25) is 0 Å². The van der Waals surface area contributed by atoms with Crippen molar-refractivity contribution in [1.82, 2.24) is 9.63 Å². The third-order valence-electron chi connectivity index (χ3n) is 4.40. The molecule has 0 atom stereocenters. The van der Waals surface area contributed by atoms with E-state index in [4.69, 9.17) is 4.74 Å². The molecule has 0 aliphatic carbocycles. The molecule has 0 saturated carbocycles. The molecule has 1 saturated heterocycles. The smallest absolute Gasteiger partial charge is 0.309 e. The summed E-state index contributed by atoms with van der Waals surface area (Å²) in [7, 11) is 0. The summed E-state index contributed by atoms with van der Waals surface area (Å²) in [5.74, 6) is -0.358. The van der Waals surface area contributed by atoms with Gasteiger partial charge in [-0.25, -0.2) is 0 Å². The maximum atomic E-state index is 12.3. The van der Waals surface area contributed by atoms with Crippen molar-refractivity contribution in [2.75, 3.05) is 6.61 Å². The van der Waals surface area contributed by atoms with Crippen molar-refractivity contribution in [3.8, 4) is 0 Å². The predicted octanol–water partition coefficient (Wildman–Crippen LogP) is 3.04. The van der Waals surface area contributed by atoms with Crippen LogP contribution in [-0.2, 0) is 21.3 Å². The summed E-state index contributed by atoms with van der Waals surface area (Å²) in [5.41, 5.74) is -1.06. The monoisotopic (exact) mass is 307 g/mol. The van der Waals surface area contributed by atoms with Gasteiger partial charge in [0.15, 0.2) is 0 Å². The highest BCUT2D eigenvalue weighted by molar-refractivity contribution is 5.73. The molecule has 5 heteroatoms. The normalized spacial score (nSPS) is 21.7. The van der Waals surface area contributed by atoms with Gasteiger partial charge >= 0.3 is 5.97 Å². The maximum absolute atomic E-state index is 12.3. The van der Waals surface area contributed by atoms with Gasteiger partial charge in [-0.05, 0) is 59.1 Å². The Morgan fingerprint density at radius 3 is 2.23 bits per heavy atom. The second-order valence-electron chi connectivity index (χ2n) is 7.47. The first-order valence-electron chi connectivity index (χ1n) is 7.97. The van der Waals surface area contributed by atoms with Crippen molar-refractivity contribution < 1.29 is 14.7 Å². The standard InChI is InChI=1S/C17H27N2O3/c1-16(2)12-14(13-17(3,4)19(16)21)15(20)22-11-7-10-18-8-5-6-9-18/h5-6,8-9,14H,7,10-13H2,1-4H3. The van der Waals surface area contributed by atoms with Crippen molar-refractivity contribution in [1.29, 1.82) is 0 Å². The fourth-order valence-electron chi connectivity index (χ4n) is 3.49. The average Bonchev–Trinajstić information content (AvgIpc) is 2.93. The van der Waals surface area contributed by atoms with Gasteiger partial charge in [-0.15, -0.1) is 10.3 Å². The molecule has 123 valence electrons. The van der Waals surface area contributed by atoms with Crippen molar-refractivity contribution in [3.05, 3.63) is 24.5 Å². The van der Waals surface area contributed by atoms with Crippen LogP contribution in [0, 0.1) is 5.92 Å². The summed E-state index contributed by atoms with van der Waals surface area (Å²) < 4.78 is 7.49. The van der Waals surface area contributed by atoms with E-state index in [1.165, 1.54) is 0 Å². The van der Waals surface area contributed by atoms with Crippen LogP contribution < -0.4 is 0 Å². The largest absolute Gasteiger partial charge is 0.465 e. The molecule has 0 unspecified atom stereocenters. The third-order valence-corrected chi connectivity index (χ3v) is 4.40. The lowest BCUT2D eigenvalue weighted by atomic mass is 9.75. The topological polar surface area (TPSA) is 54.4 Å². The molecule has 22 heavy (non-hydrogen) atoms. The summed E-state index contributed by atoms with van der Waals surface area (Å²) in [4.78, 5) is 12.3. The molecule has 0 spiro atoms. The Hall–Kier alpha value is -1.33. The van der Waals surface area contributed by atoms with Gasteiger partial charge < -0.3 is 9.30 Å². The Kier molecular flexibility index (Phi) is 4.97. The molecule has 2 rings (SSSR count). The number of hydrogen-bond acceptors (Lipinski definition) is 3. The molecule has 0 aromatic carbocycles. The summed E-state index contributed by atoms with van der Waals surface area (Å²) in [6, 6.07) is 3.96. The summed E-state index contributed by atoms with van der Waals surface area (Å²) in [6.07, 6.45) is 5.90. The van der Waals surface area contributed by atoms with E-state index in [-0.39, 0.29) is 11.9 Å². The Labute approximate surface area is 132 Å². The number of piperidine rings is 1. The van der Waals surface area contributed by atoms with Crippen LogP contribution >= 0.6 is 0 Å². The number of carbonyl (C=O) groups is 1. The van der Waals surface area contributed by atoms with Crippen LogP contribution in [0.25, 0.3) is 0 Å². The molecular formula is C17H27N2O3. The Morgan fingerprint density at radius 2 is 1.68 bits per heavy atom. The average molecular weight is 307 g/mol. The van der Waals surface area contributed by atoms with Gasteiger partial charge in [0.25, 0.3) is 0 Å². The van der Waals surface area contributed by atoms with E-state index in [1.807, 2.05) is 52.2 Å². The van der Waals surface area contributed by atoms with E-state index >= 15 is 0 Å². The van der Waals surface area contributed by atoms with Crippen LogP contribution in [0.15, 0.2) is 24.5 Å². The highest BCUT2D eigenvalue weighted by atomic mass is 16.5. The van der Waals surface area contributed by atoms with Crippen LogP contribution in [0.2, 0.25) is 0 Å². The molecule has 0 N–H and O–H groups in total. The summed E-state index contributed by atoms with van der Waals surface area (Å²) in [5, 5.41) is 13.4. The van der Waals surface area contributed by atoms with E-state index in [1.54, 1.807) is 0 Å². The molecule has 1 aliphatic heterocycles. The first-order valence-corrected chi connectivity index (χ1v) is 7.97. The van der Waals surface area contributed by atoms with Gasteiger partial charge in [0.1, 0.15) is 0 Å². The van der Waals surface area contributed by atoms with Crippen LogP contribution in [-0.4, -0.2) is 33.3 Å². The first-order chi connectivity index (χ1) is 10.2. The van der Waals surface area contributed by atoms with Gasteiger partial charge in [0, 0.05) is 30.0 Å². The number of aryl methyl sites for hydroxylation is 1. The van der Waals surface area contributed by atoms with E-state index in [2.05, 4.69) is 4.57 Å². The molecule has 1 aromatic rings. The van der Waals surface area contributed by atoms with E-state index in [0.717, 1.165) is 18.0 Å². The van der Waals surface area contributed by atoms with E-state index in [0.29, 0.717) is 19.4 Å². The first kappa shape index (κ1) is 17.0.